The fourth-order valence-corrected chi connectivity index (χ4v) is 0.841. The van der Waals surface area contributed by atoms with Crippen LogP contribution in [0, 0.1) is 5.92 Å². The van der Waals surface area contributed by atoms with Gasteiger partial charge in [-0.25, -0.2) is 0 Å². The van der Waals surface area contributed by atoms with Crippen molar-refractivity contribution < 1.29 is 0 Å². The number of nitrogens with two attached hydrogens (primary N) is 1. The van der Waals surface area contributed by atoms with Crippen LogP contribution in [0.15, 0.2) is 12.2 Å². The van der Waals surface area contributed by atoms with Crippen molar-refractivity contribution in [2.24, 2.45) is 11.7 Å². The molecule has 0 bridgehead atoms. The van der Waals surface area contributed by atoms with Crippen molar-refractivity contribution in [3.63, 3.8) is 0 Å². The van der Waals surface area contributed by atoms with Gasteiger partial charge in [-0.15, -0.1) is 0 Å². The Morgan fingerprint density at radius 2 is 2.10 bits per heavy atom. The molecule has 1 heteroatoms. The van der Waals surface area contributed by atoms with E-state index in [2.05, 4.69) is 20.4 Å². The van der Waals surface area contributed by atoms with E-state index in [4.69, 9.17) is 5.73 Å². The summed E-state index contributed by atoms with van der Waals surface area (Å²) in [6.45, 7) is 9.04. The van der Waals surface area contributed by atoms with E-state index in [0.717, 1.165) is 13.0 Å². The van der Waals surface area contributed by atoms with Gasteiger partial charge in [-0.1, -0.05) is 25.5 Å². The summed E-state index contributed by atoms with van der Waals surface area (Å²) in [6.07, 6.45) is 3.63. The molecule has 0 aliphatic heterocycles. The topological polar surface area (TPSA) is 26.0 Å². The summed E-state index contributed by atoms with van der Waals surface area (Å²) in [5, 5.41) is 0. The Bertz CT molecular complexity index is 96.9. The molecule has 2 N–H and O–H groups in total. The molecule has 0 aliphatic rings. The van der Waals surface area contributed by atoms with Crippen LogP contribution in [-0.4, -0.2) is 6.54 Å². The van der Waals surface area contributed by atoms with Gasteiger partial charge in [0.15, 0.2) is 0 Å². The third-order valence-corrected chi connectivity index (χ3v) is 1.93. The SMILES string of the molecule is C=C(C)[C@@H](C)CCCCN. The van der Waals surface area contributed by atoms with Crippen molar-refractivity contribution >= 4 is 0 Å². The summed E-state index contributed by atoms with van der Waals surface area (Å²) < 4.78 is 0. The highest BCUT2D eigenvalue weighted by atomic mass is 14.5. The normalized spacial score (nSPS) is 13.1. The Morgan fingerprint density at radius 1 is 1.50 bits per heavy atom. The fraction of sp³-hybridized carbons (Fsp3) is 0.778. The third kappa shape index (κ3) is 4.57. The van der Waals surface area contributed by atoms with Crippen molar-refractivity contribution in [1.29, 1.82) is 0 Å². The first-order valence-electron chi connectivity index (χ1n) is 4.04. The zero-order valence-electron chi connectivity index (χ0n) is 7.19. The van der Waals surface area contributed by atoms with Crippen LogP contribution >= 0.6 is 0 Å². The lowest BCUT2D eigenvalue weighted by atomic mass is 9.98. The van der Waals surface area contributed by atoms with Crippen LogP contribution in [0.25, 0.3) is 0 Å². The quantitative estimate of drug-likeness (QED) is 0.461. The summed E-state index contributed by atoms with van der Waals surface area (Å²) in [7, 11) is 0. The number of rotatable bonds is 5. The highest BCUT2D eigenvalue weighted by Gasteiger charge is 2.00. The van der Waals surface area contributed by atoms with Gasteiger partial charge >= 0.3 is 0 Å². The number of hydrogen-bond acceptors (Lipinski definition) is 1. The predicted molar refractivity (Wildman–Crippen MR) is 46.9 cm³/mol. The minimum absolute atomic E-state index is 0.673. The highest BCUT2D eigenvalue weighted by Crippen LogP contribution is 2.14. The van der Waals surface area contributed by atoms with Crippen LogP contribution < -0.4 is 5.73 Å². The predicted octanol–water partition coefficient (Wildman–Crippen LogP) is 2.33. The minimum Gasteiger partial charge on any atom is -0.330 e. The van der Waals surface area contributed by atoms with Gasteiger partial charge in [-0.3, -0.25) is 0 Å². The maximum Gasteiger partial charge on any atom is -0.00773 e. The average Bonchev–Trinajstić information content (AvgIpc) is 1.88. The van der Waals surface area contributed by atoms with Crippen LogP contribution in [0.2, 0.25) is 0 Å². The first-order chi connectivity index (χ1) is 4.68. The third-order valence-electron chi connectivity index (χ3n) is 1.93. The summed E-state index contributed by atoms with van der Waals surface area (Å²) >= 11 is 0. The zero-order chi connectivity index (χ0) is 7.98. The van der Waals surface area contributed by atoms with Gasteiger partial charge in [0.25, 0.3) is 0 Å². The lowest BCUT2D eigenvalue weighted by Gasteiger charge is -2.09. The van der Waals surface area contributed by atoms with Crippen LogP contribution in [-0.2, 0) is 0 Å². The molecule has 0 aromatic rings. The average molecular weight is 141 g/mol. The molecule has 0 rings (SSSR count). The molecule has 0 aromatic carbocycles. The smallest absolute Gasteiger partial charge is 0.00773 e. The second-order valence-corrected chi connectivity index (χ2v) is 3.03. The Kier molecular flexibility index (Phi) is 5.32. The molecule has 60 valence electrons. The van der Waals surface area contributed by atoms with Crippen molar-refractivity contribution in [2.75, 3.05) is 6.54 Å². The van der Waals surface area contributed by atoms with Crippen LogP contribution in [0.1, 0.15) is 33.1 Å². The molecule has 0 amide bonds. The first kappa shape index (κ1) is 9.70. The van der Waals surface area contributed by atoms with Gasteiger partial charge in [-0.05, 0) is 32.2 Å². The van der Waals surface area contributed by atoms with E-state index >= 15 is 0 Å². The van der Waals surface area contributed by atoms with Gasteiger partial charge in [0.2, 0.25) is 0 Å². The fourth-order valence-electron chi connectivity index (χ4n) is 0.841. The van der Waals surface area contributed by atoms with E-state index in [1.807, 2.05) is 0 Å². The van der Waals surface area contributed by atoms with Gasteiger partial charge in [0.1, 0.15) is 0 Å². The van der Waals surface area contributed by atoms with Crippen molar-refractivity contribution in [2.45, 2.75) is 33.1 Å². The molecule has 0 fully saturated rings. The molecule has 0 aliphatic carbocycles. The molecule has 0 saturated carbocycles. The van der Waals surface area contributed by atoms with Gasteiger partial charge in [0, 0.05) is 0 Å². The van der Waals surface area contributed by atoms with Crippen molar-refractivity contribution in [1.82, 2.24) is 0 Å². The van der Waals surface area contributed by atoms with Crippen LogP contribution in [0.5, 0.6) is 0 Å². The van der Waals surface area contributed by atoms with E-state index in [1.165, 1.54) is 18.4 Å². The summed E-state index contributed by atoms with van der Waals surface area (Å²) in [4.78, 5) is 0. The summed E-state index contributed by atoms with van der Waals surface area (Å²) in [5.41, 5.74) is 6.66. The molecule has 1 atom stereocenters. The van der Waals surface area contributed by atoms with E-state index < -0.39 is 0 Å². The summed E-state index contributed by atoms with van der Waals surface area (Å²) in [5.74, 6) is 0.673. The lowest BCUT2D eigenvalue weighted by Crippen LogP contribution is -2.00. The van der Waals surface area contributed by atoms with Gasteiger partial charge in [0.05, 0.1) is 0 Å². The maximum atomic E-state index is 5.37. The van der Waals surface area contributed by atoms with Crippen molar-refractivity contribution in [3.8, 4) is 0 Å². The standard InChI is InChI=1S/C9H19N/c1-8(2)9(3)6-4-5-7-10/h9H,1,4-7,10H2,2-3H3/t9-/m0/s1. The first-order valence-corrected chi connectivity index (χ1v) is 4.04. The van der Waals surface area contributed by atoms with Crippen LogP contribution in [0.4, 0.5) is 0 Å². The molecule has 0 unspecified atom stereocenters. The molecular weight excluding hydrogens is 122 g/mol. The Hall–Kier alpha value is -0.300. The highest BCUT2D eigenvalue weighted by molar-refractivity contribution is 4.93. The Morgan fingerprint density at radius 3 is 2.50 bits per heavy atom. The second-order valence-electron chi connectivity index (χ2n) is 3.03. The molecule has 0 radical (unpaired) electrons. The molecule has 10 heavy (non-hydrogen) atoms. The van der Waals surface area contributed by atoms with Crippen molar-refractivity contribution in [3.05, 3.63) is 12.2 Å². The summed E-state index contributed by atoms with van der Waals surface area (Å²) in [6, 6.07) is 0. The Labute approximate surface area is 64.3 Å². The van der Waals surface area contributed by atoms with E-state index in [9.17, 15) is 0 Å². The number of allylic oxidation sites excluding steroid dienone is 1. The monoisotopic (exact) mass is 141 g/mol. The molecule has 0 spiro atoms. The molecule has 0 aromatic heterocycles. The Balaban J connectivity index is 3.21. The largest absolute Gasteiger partial charge is 0.330 e. The second kappa shape index (κ2) is 5.48. The van der Waals surface area contributed by atoms with Crippen LogP contribution in [0.3, 0.4) is 0 Å². The minimum atomic E-state index is 0.673. The lowest BCUT2D eigenvalue weighted by molar-refractivity contribution is 0.563. The molecule has 1 nitrogen and oxygen atoms in total. The van der Waals surface area contributed by atoms with Gasteiger partial charge < -0.3 is 5.73 Å². The van der Waals surface area contributed by atoms with E-state index in [1.54, 1.807) is 0 Å². The van der Waals surface area contributed by atoms with E-state index in [0.29, 0.717) is 5.92 Å². The number of unbranched alkanes of at least 4 members (excludes halogenated alkanes) is 1. The molecule has 0 saturated heterocycles. The van der Waals surface area contributed by atoms with Gasteiger partial charge in [-0.2, -0.15) is 0 Å². The maximum absolute atomic E-state index is 5.37. The zero-order valence-corrected chi connectivity index (χ0v) is 7.19. The number of hydrogen-bond donors (Lipinski definition) is 1. The molecule has 0 heterocycles. The van der Waals surface area contributed by atoms with E-state index in [-0.39, 0.29) is 0 Å². The molecular formula is C9H19N.